The average molecular weight is 396 g/mol. The van der Waals surface area contributed by atoms with Crippen LogP contribution in [-0.4, -0.2) is 36.3 Å². The normalized spacial score (nSPS) is 15.9. The maximum Gasteiger partial charge on any atom is 0.342 e. The lowest BCUT2D eigenvalue weighted by atomic mass is 9.95. The Bertz CT molecular complexity index is 955. The molecule has 2 amide bonds. The second-order valence-electron chi connectivity index (χ2n) is 6.15. The number of para-hydroxylation sites is 1. The van der Waals surface area contributed by atoms with E-state index in [1.807, 2.05) is 6.07 Å². The van der Waals surface area contributed by atoms with Gasteiger partial charge in [-0.05, 0) is 24.6 Å². The van der Waals surface area contributed by atoms with Gasteiger partial charge in [-0.1, -0.05) is 42.5 Å². The number of carbonyl (C=O) groups excluding carboxylic acids is 3. The number of nitrogens with one attached hydrogen (secondary N) is 2. The molecule has 1 aliphatic rings. The molecule has 1 heterocycles. The van der Waals surface area contributed by atoms with Crippen molar-refractivity contribution in [2.45, 2.75) is 13.0 Å². The number of amides is 2. The Hall–Kier alpha value is -3.81. The van der Waals surface area contributed by atoms with Crippen LogP contribution in [0.2, 0.25) is 0 Å². The van der Waals surface area contributed by atoms with Crippen molar-refractivity contribution in [1.29, 1.82) is 0 Å². The second kappa shape index (κ2) is 8.92. The van der Waals surface area contributed by atoms with Gasteiger partial charge in [-0.15, -0.1) is 0 Å². The van der Waals surface area contributed by atoms with Crippen LogP contribution in [0.15, 0.2) is 65.9 Å². The van der Waals surface area contributed by atoms with Gasteiger partial charge in [0, 0.05) is 0 Å². The highest BCUT2D eigenvalue weighted by Gasteiger charge is 2.34. The average Bonchev–Trinajstić information content (AvgIpc) is 2.72. The van der Waals surface area contributed by atoms with Gasteiger partial charge in [-0.3, -0.25) is 0 Å². The number of hydrogen-bond donors (Lipinski definition) is 3. The molecule has 0 saturated carbocycles. The molecule has 0 aliphatic carbocycles. The van der Waals surface area contributed by atoms with Crippen molar-refractivity contribution in [2.24, 2.45) is 0 Å². The number of carbonyl (C=O) groups is 3. The third kappa shape index (κ3) is 4.55. The number of aromatic hydroxyl groups is 1. The second-order valence-corrected chi connectivity index (χ2v) is 6.15. The van der Waals surface area contributed by atoms with E-state index < -0.39 is 24.0 Å². The van der Waals surface area contributed by atoms with E-state index in [1.54, 1.807) is 43.3 Å². The van der Waals surface area contributed by atoms with Crippen LogP contribution in [0.25, 0.3) is 0 Å². The van der Waals surface area contributed by atoms with Gasteiger partial charge in [-0.25, -0.2) is 14.4 Å². The van der Waals surface area contributed by atoms with E-state index in [4.69, 9.17) is 9.47 Å². The molecule has 0 bridgehead atoms. The topological polar surface area (TPSA) is 114 Å². The quantitative estimate of drug-likeness (QED) is 0.646. The highest BCUT2D eigenvalue weighted by atomic mass is 16.5. The van der Waals surface area contributed by atoms with Crippen LogP contribution < -0.4 is 10.6 Å². The molecule has 0 spiro atoms. The number of esters is 2. The number of benzene rings is 2. The van der Waals surface area contributed by atoms with Crippen molar-refractivity contribution in [2.75, 3.05) is 13.2 Å². The van der Waals surface area contributed by atoms with Crippen molar-refractivity contribution >= 4 is 18.0 Å². The van der Waals surface area contributed by atoms with Crippen molar-refractivity contribution in [3.05, 3.63) is 77.0 Å². The van der Waals surface area contributed by atoms with E-state index in [1.165, 1.54) is 12.1 Å². The van der Waals surface area contributed by atoms with E-state index in [0.29, 0.717) is 5.56 Å². The molecule has 1 aliphatic heterocycles. The number of hydrogen-bond acceptors (Lipinski definition) is 6. The largest absolute Gasteiger partial charge is 0.507 e. The van der Waals surface area contributed by atoms with Gasteiger partial charge in [0.15, 0.2) is 0 Å². The van der Waals surface area contributed by atoms with Crippen LogP contribution in [0.4, 0.5) is 4.79 Å². The summed E-state index contributed by atoms with van der Waals surface area (Å²) in [5.74, 6) is -1.65. The molecule has 0 saturated heterocycles. The molecule has 0 aromatic heterocycles. The number of urea groups is 1. The molecule has 0 fully saturated rings. The smallest absolute Gasteiger partial charge is 0.342 e. The van der Waals surface area contributed by atoms with Gasteiger partial charge in [0.25, 0.3) is 0 Å². The van der Waals surface area contributed by atoms with Gasteiger partial charge in [-0.2, -0.15) is 0 Å². The maximum absolute atomic E-state index is 12.6. The fourth-order valence-electron chi connectivity index (χ4n) is 2.94. The van der Waals surface area contributed by atoms with Crippen LogP contribution in [0.5, 0.6) is 5.75 Å². The fourth-order valence-corrected chi connectivity index (χ4v) is 2.94. The molecule has 3 N–H and O–H groups in total. The Balaban J connectivity index is 1.92. The number of ether oxygens (including phenoxy) is 2. The molecule has 29 heavy (non-hydrogen) atoms. The number of rotatable bonds is 6. The van der Waals surface area contributed by atoms with Crippen LogP contribution in [0.3, 0.4) is 0 Å². The zero-order valence-electron chi connectivity index (χ0n) is 15.7. The molecule has 2 aromatic rings. The molecule has 3 rings (SSSR count). The van der Waals surface area contributed by atoms with Crippen molar-refractivity contribution < 1.29 is 29.0 Å². The molecule has 150 valence electrons. The highest BCUT2D eigenvalue weighted by Crippen LogP contribution is 2.28. The lowest BCUT2D eigenvalue weighted by Gasteiger charge is -2.29. The molecule has 0 radical (unpaired) electrons. The zero-order chi connectivity index (χ0) is 20.8. The first kappa shape index (κ1) is 19.9. The predicted octanol–water partition coefficient (Wildman–Crippen LogP) is 2.42. The molecule has 8 nitrogen and oxygen atoms in total. The Kier molecular flexibility index (Phi) is 6.13. The molecule has 1 unspecified atom stereocenters. The minimum Gasteiger partial charge on any atom is -0.507 e. The monoisotopic (exact) mass is 396 g/mol. The van der Waals surface area contributed by atoms with Gasteiger partial charge >= 0.3 is 18.0 Å². The minimum absolute atomic E-state index is 0.0225. The van der Waals surface area contributed by atoms with Crippen molar-refractivity contribution in [3.8, 4) is 5.75 Å². The van der Waals surface area contributed by atoms with Gasteiger partial charge in [0.1, 0.15) is 17.9 Å². The summed E-state index contributed by atoms with van der Waals surface area (Å²) in [4.78, 5) is 37.1. The summed E-state index contributed by atoms with van der Waals surface area (Å²) < 4.78 is 10.4. The molecule has 8 heteroatoms. The van der Waals surface area contributed by atoms with Crippen LogP contribution in [0.1, 0.15) is 28.9 Å². The first-order valence-corrected chi connectivity index (χ1v) is 8.99. The van der Waals surface area contributed by atoms with E-state index >= 15 is 0 Å². The lowest BCUT2D eigenvalue weighted by molar-refractivity contribution is -0.139. The van der Waals surface area contributed by atoms with E-state index in [0.717, 1.165) is 0 Å². The van der Waals surface area contributed by atoms with Crippen LogP contribution in [-0.2, 0) is 14.3 Å². The highest BCUT2D eigenvalue weighted by molar-refractivity contribution is 5.96. The van der Waals surface area contributed by atoms with Gasteiger partial charge in [0.05, 0.1) is 23.9 Å². The van der Waals surface area contributed by atoms with Crippen LogP contribution in [0, 0.1) is 0 Å². The summed E-state index contributed by atoms with van der Waals surface area (Å²) in [6.45, 7) is 1.43. The molecule has 2 aromatic carbocycles. The maximum atomic E-state index is 12.6. The van der Waals surface area contributed by atoms with Gasteiger partial charge in [0.2, 0.25) is 0 Å². The first-order chi connectivity index (χ1) is 14.0. The van der Waals surface area contributed by atoms with Crippen molar-refractivity contribution in [1.82, 2.24) is 10.6 Å². The predicted molar refractivity (Wildman–Crippen MR) is 103 cm³/mol. The number of phenolic OH excluding ortho intramolecular Hbond substituents is 1. The van der Waals surface area contributed by atoms with Crippen molar-refractivity contribution in [3.63, 3.8) is 0 Å². The Morgan fingerprint density at radius 2 is 1.69 bits per heavy atom. The lowest BCUT2D eigenvalue weighted by Crippen LogP contribution is -2.47. The Labute approximate surface area is 167 Å². The summed E-state index contributed by atoms with van der Waals surface area (Å²) >= 11 is 0. The minimum atomic E-state index is -0.789. The Morgan fingerprint density at radius 1 is 1.00 bits per heavy atom. The molecular weight excluding hydrogens is 376 g/mol. The molecule has 1 atom stereocenters. The molecular formula is C21H20N2O6. The van der Waals surface area contributed by atoms with Crippen LogP contribution >= 0.6 is 0 Å². The standard InChI is InChI=1S/C21H20N2O6/c1-2-28-20(26)17-15(12-29-19(25)14-10-6-7-11-16(14)24)22-21(27)23-18(17)13-8-4-3-5-9-13/h3-11,18,24H,2,12H2,1H3,(H2,22,23,27). The van der Waals surface area contributed by atoms with E-state index in [2.05, 4.69) is 10.6 Å². The Morgan fingerprint density at radius 3 is 2.38 bits per heavy atom. The zero-order valence-corrected chi connectivity index (χ0v) is 15.7. The summed E-state index contributed by atoms with van der Waals surface area (Å²) in [5.41, 5.74) is 0.910. The fraction of sp³-hybridized carbons (Fsp3) is 0.190. The summed E-state index contributed by atoms with van der Waals surface area (Å²) in [6.07, 6.45) is 0. The third-order valence-corrected chi connectivity index (χ3v) is 4.25. The summed E-state index contributed by atoms with van der Waals surface area (Å²) in [6, 6.07) is 13.5. The van der Waals surface area contributed by atoms with E-state index in [-0.39, 0.29) is 35.8 Å². The van der Waals surface area contributed by atoms with Gasteiger partial charge < -0.3 is 25.2 Å². The first-order valence-electron chi connectivity index (χ1n) is 8.99. The third-order valence-electron chi connectivity index (χ3n) is 4.25. The summed E-state index contributed by atoms with van der Waals surface area (Å²) in [5, 5.41) is 15.0. The summed E-state index contributed by atoms with van der Waals surface area (Å²) in [7, 11) is 0. The van der Waals surface area contributed by atoms with E-state index in [9.17, 15) is 19.5 Å². The number of phenols is 1. The SMILES string of the molecule is CCOC(=O)C1=C(COC(=O)c2ccccc2O)NC(=O)NC1c1ccccc1.